The van der Waals surface area contributed by atoms with Gasteiger partial charge in [-0.2, -0.15) is 0 Å². The Morgan fingerprint density at radius 2 is 2.15 bits per heavy atom. The molecule has 1 aromatic heterocycles. The molecule has 6 nitrogen and oxygen atoms in total. The van der Waals surface area contributed by atoms with E-state index in [-0.39, 0.29) is 13.2 Å². The summed E-state index contributed by atoms with van der Waals surface area (Å²) < 4.78 is 36.8. The second-order valence-corrected chi connectivity index (χ2v) is 4.98. The summed E-state index contributed by atoms with van der Waals surface area (Å²) in [6, 6.07) is 7.48. The van der Waals surface area contributed by atoms with Gasteiger partial charge >= 0.3 is 0 Å². The summed E-state index contributed by atoms with van der Waals surface area (Å²) in [5.74, 6) is 5.78. The van der Waals surface area contributed by atoms with Crippen LogP contribution in [0.2, 0.25) is 0 Å². The van der Waals surface area contributed by atoms with Gasteiger partial charge in [-0.3, -0.25) is 4.18 Å². The van der Waals surface area contributed by atoms with E-state index in [1.165, 1.54) is 4.68 Å². The highest BCUT2D eigenvalue weighted by Gasteiger charge is 2.11. The van der Waals surface area contributed by atoms with Crippen molar-refractivity contribution < 1.29 is 21.8 Å². The Morgan fingerprint density at radius 1 is 1.40 bits per heavy atom. The van der Waals surface area contributed by atoms with Gasteiger partial charge in [0.05, 0.1) is 0 Å². The maximum absolute atomic E-state index is 10.4. The molecule has 0 atom stereocenters. The molecule has 0 saturated heterocycles. The van der Waals surface area contributed by atoms with E-state index in [0.29, 0.717) is 0 Å². The second kappa shape index (κ2) is 5.96. The minimum Gasteiger partial charge on any atom is -0.726 e. The summed E-state index contributed by atoms with van der Waals surface area (Å²) in [6.45, 7) is 1.61. The van der Waals surface area contributed by atoms with Gasteiger partial charge in [-0.1, -0.05) is 28.8 Å². The zero-order chi connectivity index (χ0) is 14.6. The van der Waals surface area contributed by atoms with Crippen LogP contribution < -0.4 is 4.68 Å². The Balaban J connectivity index is 2.32. The average Bonchev–Trinajstić information content (AvgIpc) is 2.37. The third-order valence-electron chi connectivity index (χ3n) is 2.52. The third-order valence-corrected chi connectivity index (χ3v) is 2.97. The maximum atomic E-state index is 10.4. The minimum atomic E-state index is -4.68. The zero-order valence-electron chi connectivity index (χ0n) is 10.7. The van der Waals surface area contributed by atoms with E-state index in [0.717, 1.165) is 16.5 Å². The van der Waals surface area contributed by atoms with Crippen molar-refractivity contribution >= 4 is 21.3 Å². The number of rotatable bonds is 4. The van der Waals surface area contributed by atoms with Gasteiger partial charge in [-0.05, 0) is 13.0 Å². The summed E-state index contributed by atoms with van der Waals surface area (Å²) >= 11 is 0. The van der Waals surface area contributed by atoms with Gasteiger partial charge in [0.2, 0.25) is 16.6 Å². The number of benzene rings is 1. The van der Waals surface area contributed by atoms with Crippen molar-refractivity contribution in [2.75, 3.05) is 6.61 Å². The van der Waals surface area contributed by atoms with Crippen LogP contribution in [0.4, 0.5) is 0 Å². The van der Waals surface area contributed by atoms with Crippen LogP contribution in [0, 0.1) is 11.8 Å². The number of aromatic nitrogens is 2. The molecule has 7 heteroatoms. The minimum absolute atomic E-state index is 0.144. The molecule has 0 spiro atoms. The van der Waals surface area contributed by atoms with Crippen molar-refractivity contribution in [1.82, 2.24) is 5.10 Å². The number of fused-ring (bicyclic) bond motifs is 1. The predicted molar refractivity (Wildman–Crippen MR) is 70.1 cm³/mol. The first-order valence-corrected chi connectivity index (χ1v) is 7.15. The number of hydrogen-bond donors (Lipinski definition) is 0. The first-order valence-electron chi connectivity index (χ1n) is 5.82. The van der Waals surface area contributed by atoms with Crippen molar-refractivity contribution in [3.8, 4) is 11.8 Å². The molecule has 20 heavy (non-hydrogen) atoms. The Kier molecular flexibility index (Phi) is 4.29. The lowest BCUT2D eigenvalue weighted by Crippen LogP contribution is -2.40. The molecule has 0 unspecified atom stereocenters. The van der Waals surface area contributed by atoms with Crippen molar-refractivity contribution in [3.05, 3.63) is 36.0 Å². The molecule has 1 heterocycles. The van der Waals surface area contributed by atoms with E-state index >= 15 is 0 Å². The van der Waals surface area contributed by atoms with E-state index in [1.807, 2.05) is 24.3 Å². The summed E-state index contributed by atoms with van der Waals surface area (Å²) in [6.07, 6.45) is 1.69. The van der Waals surface area contributed by atoms with Gasteiger partial charge in [-0.15, -0.1) is 5.92 Å². The largest absolute Gasteiger partial charge is 0.726 e. The van der Waals surface area contributed by atoms with Crippen LogP contribution in [0.5, 0.6) is 0 Å². The lowest BCUT2D eigenvalue weighted by molar-refractivity contribution is -0.752. The topological polar surface area (TPSA) is 83.2 Å². The Morgan fingerprint density at radius 3 is 2.85 bits per heavy atom. The fraction of sp³-hybridized carbons (Fsp3) is 0.231. The Labute approximate surface area is 117 Å². The molecule has 104 valence electrons. The number of nitrogens with zero attached hydrogens (tertiary/aromatic N) is 2. The van der Waals surface area contributed by atoms with Crippen molar-refractivity contribution in [3.63, 3.8) is 0 Å². The number of hydrogen-bond acceptors (Lipinski definition) is 5. The van der Waals surface area contributed by atoms with E-state index in [4.69, 9.17) is 0 Å². The molecule has 0 aliphatic carbocycles. The van der Waals surface area contributed by atoms with Gasteiger partial charge in [0.1, 0.15) is 17.7 Å². The molecule has 1 aromatic carbocycles. The van der Waals surface area contributed by atoms with E-state index in [2.05, 4.69) is 21.1 Å². The van der Waals surface area contributed by atoms with Crippen LogP contribution in [0.3, 0.4) is 0 Å². The van der Waals surface area contributed by atoms with E-state index < -0.39 is 10.4 Å². The molecule has 0 fully saturated rings. The molecule has 2 aromatic rings. The van der Waals surface area contributed by atoms with Gasteiger partial charge in [-0.25, -0.2) is 8.42 Å². The van der Waals surface area contributed by atoms with Crippen molar-refractivity contribution in [1.29, 1.82) is 0 Å². The molecular weight excluding hydrogens is 280 g/mol. The molecule has 0 N–H and O–H groups in total. The summed E-state index contributed by atoms with van der Waals surface area (Å²) in [4.78, 5) is 0. The standard InChI is InChI=1S/C13H12N2O4S/c1-2-5-11-10-15(8-9-19-20(16,17)18)14-13-7-4-3-6-12(11)13/h3-4,6-7,10H,8-9H2,1H3. The fourth-order valence-corrected chi connectivity index (χ4v) is 2.03. The first kappa shape index (κ1) is 14.4. The van der Waals surface area contributed by atoms with Crippen LogP contribution in [-0.4, -0.2) is 24.7 Å². The highest BCUT2D eigenvalue weighted by atomic mass is 32.3. The molecule has 0 aliphatic rings. The van der Waals surface area contributed by atoms with Gasteiger partial charge in [0.25, 0.3) is 0 Å². The molecular formula is C13H12N2O4S. The van der Waals surface area contributed by atoms with Crippen LogP contribution in [0.25, 0.3) is 10.9 Å². The highest BCUT2D eigenvalue weighted by Crippen LogP contribution is 2.13. The second-order valence-electron chi connectivity index (χ2n) is 3.93. The van der Waals surface area contributed by atoms with Gasteiger partial charge < -0.3 is 4.55 Å². The summed E-state index contributed by atoms with van der Waals surface area (Å²) in [5.41, 5.74) is 1.51. The van der Waals surface area contributed by atoms with Crippen LogP contribution in [-0.2, 0) is 21.1 Å². The highest BCUT2D eigenvalue weighted by molar-refractivity contribution is 7.80. The zero-order valence-corrected chi connectivity index (χ0v) is 11.6. The van der Waals surface area contributed by atoms with Gasteiger partial charge in [0.15, 0.2) is 6.54 Å². The monoisotopic (exact) mass is 292 g/mol. The first-order chi connectivity index (χ1) is 9.49. The fourth-order valence-electron chi connectivity index (χ4n) is 1.76. The molecule has 0 aliphatic heterocycles. The smallest absolute Gasteiger partial charge is 0.217 e. The molecule has 2 rings (SSSR count). The van der Waals surface area contributed by atoms with Crippen LogP contribution in [0.1, 0.15) is 12.5 Å². The molecule has 0 amide bonds. The molecule has 0 saturated carbocycles. The Hall–Kier alpha value is -2.01. The summed E-state index contributed by atoms with van der Waals surface area (Å²) in [5, 5.41) is 5.22. The Bertz CT molecular complexity index is 791. The third kappa shape index (κ3) is 3.74. The lowest BCUT2D eigenvalue weighted by Gasteiger charge is -2.05. The SMILES string of the molecule is CC#Cc1c[n+](CCOS(=O)(=O)[O-])nc2ccccc12. The van der Waals surface area contributed by atoms with Crippen molar-refractivity contribution in [2.24, 2.45) is 0 Å². The van der Waals surface area contributed by atoms with E-state index in [9.17, 15) is 13.0 Å². The normalized spacial score (nSPS) is 11.1. The molecule has 0 bridgehead atoms. The average molecular weight is 292 g/mol. The van der Waals surface area contributed by atoms with E-state index in [1.54, 1.807) is 13.1 Å². The summed E-state index contributed by atoms with van der Waals surface area (Å²) in [7, 11) is -4.68. The van der Waals surface area contributed by atoms with Gasteiger partial charge in [0, 0.05) is 10.5 Å². The maximum Gasteiger partial charge on any atom is 0.217 e. The quantitative estimate of drug-likeness (QED) is 0.352. The van der Waals surface area contributed by atoms with Crippen LogP contribution >= 0.6 is 0 Å². The van der Waals surface area contributed by atoms with Crippen LogP contribution in [0.15, 0.2) is 30.5 Å². The van der Waals surface area contributed by atoms with Crippen molar-refractivity contribution in [2.45, 2.75) is 13.5 Å². The lowest BCUT2D eigenvalue weighted by atomic mass is 10.1. The molecule has 0 radical (unpaired) electrons. The predicted octanol–water partition coefficient (Wildman–Crippen LogP) is 0.371.